The number of benzene rings is 1. The van der Waals surface area contributed by atoms with Crippen molar-refractivity contribution in [3.63, 3.8) is 0 Å². The van der Waals surface area contributed by atoms with E-state index >= 15 is 0 Å². The van der Waals surface area contributed by atoms with Gasteiger partial charge in [0.25, 0.3) is 0 Å². The van der Waals surface area contributed by atoms with Crippen molar-refractivity contribution in [1.29, 1.82) is 0 Å². The average Bonchev–Trinajstić information content (AvgIpc) is 2.43. The number of hydrogen-bond acceptors (Lipinski definition) is 4. The van der Waals surface area contributed by atoms with E-state index in [1.54, 1.807) is 0 Å². The summed E-state index contributed by atoms with van der Waals surface area (Å²) in [6.45, 7) is 5.85. The largest absolute Gasteiger partial charge is 0.491 e. The Kier molecular flexibility index (Phi) is 5.40. The van der Waals surface area contributed by atoms with Crippen molar-refractivity contribution in [1.82, 2.24) is 5.32 Å². The van der Waals surface area contributed by atoms with E-state index in [0.29, 0.717) is 19.2 Å². The van der Waals surface area contributed by atoms with Crippen LogP contribution in [-0.4, -0.2) is 42.6 Å². The molecule has 4 nitrogen and oxygen atoms in total. The van der Waals surface area contributed by atoms with Crippen LogP contribution in [0.25, 0.3) is 0 Å². The molecule has 2 rings (SSSR count). The van der Waals surface area contributed by atoms with Gasteiger partial charge in [0.1, 0.15) is 18.5 Å². The molecule has 0 aromatic heterocycles. The number of rotatable bonds is 6. The smallest absolute Gasteiger partial charge is 0.119 e. The molecule has 0 radical (unpaired) electrons. The Morgan fingerprint density at radius 1 is 1.40 bits per heavy atom. The monoisotopic (exact) mass is 279 g/mol. The van der Waals surface area contributed by atoms with Crippen molar-refractivity contribution in [3.8, 4) is 5.75 Å². The minimum absolute atomic E-state index is 0.0680. The van der Waals surface area contributed by atoms with Gasteiger partial charge in [0.05, 0.1) is 5.60 Å². The average molecular weight is 279 g/mol. The summed E-state index contributed by atoms with van der Waals surface area (Å²) >= 11 is 0. The van der Waals surface area contributed by atoms with E-state index in [1.807, 2.05) is 30.3 Å². The van der Waals surface area contributed by atoms with Crippen molar-refractivity contribution in [2.45, 2.75) is 44.4 Å². The van der Waals surface area contributed by atoms with E-state index in [4.69, 9.17) is 9.47 Å². The Bertz CT molecular complexity index is 394. The normalized spacial score (nSPS) is 23.2. The minimum Gasteiger partial charge on any atom is -0.491 e. The molecule has 1 heterocycles. The standard InChI is InChI=1S/C16H25NO3/c1-16(2)10-13(8-9-20-16)17-11-14(18)12-19-15-6-4-3-5-7-15/h3-7,13-14,17-18H,8-12H2,1-2H3. The van der Waals surface area contributed by atoms with E-state index in [9.17, 15) is 5.11 Å². The molecule has 0 saturated carbocycles. The maximum absolute atomic E-state index is 9.95. The molecule has 112 valence electrons. The summed E-state index contributed by atoms with van der Waals surface area (Å²) in [5, 5.41) is 13.4. The third-order valence-electron chi connectivity index (χ3n) is 3.52. The zero-order chi connectivity index (χ0) is 14.4. The Morgan fingerprint density at radius 2 is 2.15 bits per heavy atom. The van der Waals surface area contributed by atoms with Gasteiger partial charge in [0, 0.05) is 19.2 Å². The second-order valence-electron chi connectivity index (χ2n) is 5.98. The second kappa shape index (κ2) is 7.07. The highest BCUT2D eigenvalue weighted by atomic mass is 16.5. The predicted octanol–water partition coefficient (Wildman–Crippen LogP) is 1.97. The maximum atomic E-state index is 9.95. The SMILES string of the molecule is CC1(C)CC(NCC(O)COc2ccccc2)CCO1. The Labute approximate surface area is 121 Å². The summed E-state index contributed by atoms with van der Waals surface area (Å²) in [7, 11) is 0. The first-order chi connectivity index (χ1) is 9.55. The van der Waals surface area contributed by atoms with Gasteiger partial charge >= 0.3 is 0 Å². The Balaban J connectivity index is 1.66. The van der Waals surface area contributed by atoms with Crippen LogP contribution in [0.3, 0.4) is 0 Å². The van der Waals surface area contributed by atoms with Gasteiger partial charge in [-0.2, -0.15) is 0 Å². The third-order valence-corrected chi connectivity index (χ3v) is 3.52. The third kappa shape index (κ3) is 5.12. The fourth-order valence-electron chi connectivity index (χ4n) is 2.48. The lowest BCUT2D eigenvalue weighted by atomic mass is 9.94. The zero-order valence-corrected chi connectivity index (χ0v) is 12.3. The molecule has 0 amide bonds. The molecule has 2 unspecified atom stereocenters. The van der Waals surface area contributed by atoms with Gasteiger partial charge in [-0.25, -0.2) is 0 Å². The van der Waals surface area contributed by atoms with Crippen LogP contribution in [0.2, 0.25) is 0 Å². The molecule has 4 heteroatoms. The van der Waals surface area contributed by atoms with Crippen LogP contribution < -0.4 is 10.1 Å². The molecule has 1 aliphatic rings. The van der Waals surface area contributed by atoms with Gasteiger partial charge in [-0.3, -0.25) is 0 Å². The first-order valence-electron chi connectivity index (χ1n) is 7.28. The highest BCUT2D eigenvalue weighted by molar-refractivity contribution is 5.20. The predicted molar refractivity (Wildman–Crippen MR) is 79.0 cm³/mol. The van der Waals surface area contributed by atoms with Gasteiger partial charge in [-0.05, 0) is 38.8 Å². The molecular formula is C16H25NO3. The number of aliphatic hydroxyl groups excluding tert-OH is 1. The fourth-order valence-corrected chi connectivity index (χ4v) is 2.48. The molecule has 2 N–H and O–H groups in total. The van der Waals surface area contributed by atoms with Crippen LogP contribution in [0.1, 0.15) is 26.7 Å². The lowest BCUT2D eigenvalue weighted by Gasteiger charge is -2.36. The van der Waals surface area contributed by atoms with Crippen molar-refractivity contribution in [3.05, 3.63) is 30.3 Å². The summed E-state index contributed by atoms with van der Waals surface area (Å²) in [5.41, 5.74) is -0.0680. The van der Waals surface area contributed by atoms with Crippen molar-refractivity contribution >= 4 is 0 Å². The molecule has 1 aromatic rings. The van der Waals surface area contributed by atoms with Gasteiger partial charge in [-0.15, -0.1) is 0 Å². The topological polar surface area (TPSA) is 50.7 Å². The van der Waals surface area contributed by atoms with Crippen LogP contribution in [0, 0.1) is 0 Å². The molecule has 0 aliphatic carbocycles. The number of ether oxygens (including phenoxy) is 2. The first kappa shape index (κ1) is 15.3. The van der Waals surface area contributed by atoms with E-state index in [2.05, 4.69) is 19.2 Å². The van der Waals surface area contributed by atoms with Crippen molar-refractivity contribution in [2.24, 2.45) is 0 Å². The van der Waals surface area contributed by atoms with E-state index in [0.717, 1.165) is 25.2 Å². The van der Waals surface area contributed by atoms with E-state index in [1.165, 1.54) is 0 Å². The molecule has 0 spiro atoms. The lowest BCUT2D eigenvalue weighted by molar-refractivity contribution is -0.0641. The van der Waals surface area contributed by atoms with Gasteiger partial charge < -0.3 is 19.9 Å². The lowest BCUT2D eigenvalue weighted by Crippen LogP contribution is -2.46. The maximum Gasteiger partial charge on any atom is 0.119 e. The number of para-hydroxylation sites is 1. The minimum atomic E-state index is -0.499. The highest BCUT2D eigenvalue weighted by Crippen LogP contribution is 2.23. The van der Waals surface area contributed by atoms with Gasteiger partial charge in [0.15, 0.2) is 0 Å². The molecule has 1 saturated heterocycles. The molecular weight excluding hydrogens is 254 g/mol. The van der Waals surface area contributed by atoms with E-state index < -0.39 is 6.10 Å². The van der Waals surface area contributed by atoms with Crippen LogP contribution in [0.5, 0.6) is 5.75 Å². The van der Waals surface area contributed by atoms with Crippen molar-refractivity contribution < 1.29 is 14.6 Å². The molecule has 1 aliphatic heterocycles. The summed E-state index contributed by atoms with van der Waals surface area (Å²) in [6.07, 6.45) is 1.47. The molecule has 1 fully saturated rings. The molecule has 2 atom stereocenters. The highest BCUT2D eigenvalue weighted by Gasteiger charge is 2.28. The Morgan fingerprint density at radius 3 is 2.85 bits per heavy atom. The molecule has 1 aromatic carbocycles. The Hall–Kier alpha value is -1.10. The summed E-state index contributed by atoms with van der Waals surface area (Å²) in [5.74, 6) is 0.791. The number of nitrogens with one attached hydrogen (secondary N) is 1. The first-order valence-corrected chi connectivity index (χ1v) is 7.28. The second-order valence-corrected chi connectivity index (χ2v) is 5.98. The van der Waals surface area contributed by atoms with Crippen LogP contribution in [0.4, 0.5) is 0 Å². The summed E-state index contributed by atoms with van der Waals surface area (Å²) in [6, 6.07) is 9.97. The van der Waals surface area contributed by atoms with Crippen molar-refractivity contribution in [2.75, 3.05) is 19.8 Å². The van der Waals surface area contributed by atoms with Crippen LogP contribution in [0.15, 0.2) is 30.3 Å². The van der Waals surface area contributed by atoms with Gasteiger partial charge in [0.2, 0.25) is 0 Å². The number of hydrogen-bond donors (Lipinski definition) is 2. The van der Waals surface area contributed by atoms with Crippen LogP contribution >= 0.6 is 0 Å². The summed E-state index contributed by atoms with van der Waals surface area (Å²) in [4.78, 5) is 0. The quantitative estimate of drug-likeness (QED) is 0.836. The molecule has 20 heavy (non-hydrogen) atoms. The molecule has 0 bridgehead atoms. The van der Waals surface area contributed by atoms with E-state index in [-0.39, 0.29) is 5.60 Å². The van der Waals surface area contributed by atoms with Gasteiger partial charge in [-0.1, -0.05) is 18.2 Å². The van der Waals surface area contributed by atoms with Crippen LogP contribution in [-0.2, 0) is 4.74 Å². The summed E-state index contributed by atoms with van der Waals surface area (Å²) < 4.78 is 11.2. The fraction of sp³-hybridized carbons (Fsp3) is 0.625. The zero-order valence-electron chi connectivity index (χ0n) is 12.3. The number of aliphatic hydroxyl groups is 1.